The van der Waals surface area contributed by atoms with Crippen molar-refractivity contribution in [2.75, 3.05) is 0 Å². The summed E-state index contributed by atoms with van der Waals surface area (Å²) in [6.45, 7) is 3.88. The molecule has 0 amide bonds. The molecule has 0 spiro atoms. The van der Waals surface area contributed by atoms with E-state index in [1.54, 1.807) is 24.2 Å². The number of thioether (sulfide) groups is 1. The van der Waals surface area contributed by atoms with Crippen LogP contribution in [0, 0.1) is 13.8 Å². The highest BCUT2D eigenvalue weighted by molar-refractivity contribution is 9.10. The van der Waals surface area contributed by atoms with Crippen molar-refractivity contribution in [2.45, 2.75) is 24.8 Å². The highest BCUT2D eigenvalue weighted by Gasteiger charge is 2.18. The molecule has 1 aromatic carbocycles. The van der Waals surface area contributed by atoms with Crippen LogP contribution in [0.1, 0.15) is 17.0 Å². The average molecular weight is 442 g/mol. The molecule has 0 saturated carbocycles. The topological polar surface area (TPSA) is 69.6 Å². The summed E-state index contributed by atoms with van der Waals surface area (Å²) in [5, 5.41) is 13.7. The van der Waals surface area contributed by atoms with Crippen molar-refractivity contribution in [2.24, 2.45) is 0 Å². The molecule has 0 aliphatic rings. The number of aromatic nitrogens is 5. The molecule has 0 atom stereocenters. The normalized spacial score (nSPS) is 11.1. The Labute approximate surface area is 169 Å². The fourth-order valence-electron chi connectivity index (χ4n) is 2.71. The zero-order valence-corrected chi connectivity index (χ0v) is 17.2. The Hall–Kier alpha value is -2.45. The number of rotatable bonds is 5. The summed E-state index contributed by atoms with van der Waals surface area (Å²) in [5.41, 5.74) is 3.90. The van der Waals surface area contributed by atoms with Crippen LogP contribution < -0.4 is 0 Å². The third kappa shape index (κ3) is 3.68. The summed E-state index contributed by atoms with van der Waals surface area (Å²) in [5.74, 6) is 2.30. The van der Waals surface area contributed by atoms with Crippen LogP contribution in [-0.2, 0) is 5.75 Å². The summed E-state index contributed by atoms with van der Waals surface area (Å²) in [6.07, 6.45) is 3.54. The lowest BCUT2D eigenvalue weighted by molar-refractivity contribution is 0.392. The van der Waals surface area contributed by atoms with Crippen molar-refractivity contribution in [3.63, 3.8) is 0 Å². The lowest BCUT2D eigenvalue weighted by atomic mass is 10.2. The number of halogens is 1. The van der Waals surface area contributed by atoms with Gasteiger partial charge in [-0.05, 0) is 50.2 Å². The summed E-state index contributed by atoms with van der Waals surface area (Å²) in [7, 11) is 0. The lowest BCUT2D eigenvalue weighted by Crippen LogP contribution is -2.00. The van der Waals surface area contributed by atoms with E-state index in [0.717, 1.165) is 43.7 Å². The van der Waals surface area contributed by atoms with E-state index in [1.807, 2.05) is 54.8 Å². The minimum atomic E-state index is 0.711. The second kappa shape index (κ2) is 7.66. The molecule has 8 heteroatoms. The minimum Gasteiger partial charge on any atom is -0.361 e. The number of benzene rings is 1. The van der Waals surface area contributed by atoms with Gasteiger partial charge in [-0.1, -0.05) is 32.8 Å². The Morgan fingerprint density at radius 3 is 2.59 bits per heavy atom. The molecule has 0 aliphatic carbocycles. The fraction of sp³-hybridized carbons (Fsp3) is 0.158. The first-order valence-electron chi connectivity index (χ1n) is 8.30. The van der Waals surface area contributed by atoms with Crippen LogP contribution >= 0.6 is 27.7 Å². The first kappa shape index (κ1) is 17.9. The number of nitrogens with zero attached hydrogens (tertiary/aromatic N) is 5. The predicted octanol–water partition coefficient (Wildman–Crippen LogP) is 4.99. The van der Waals surface area contributed by atoms with Gasteiger partial charge in [0.2, 0.25) is 0 Å². The molecule has 3 aromatic heterocycles. The Morgan fingerprint density at radius 2 is 1.93 bits per heavy atom. The molecule has 0 saturated heterocycles. The maximum Gasteiger partial charge on any atom is 0.196 e. The van der Waals surface area contributed by atoms with Crippen molar-refractivity contribution in [3.05, 3.63) is 70.3 Å². The molecule has 0 N–H and O–H groups in total. The van der Waals surface area contributed by atoms with Crippen molar-refractivity contribution in [1.82, 2.24) is 24.9 Å². The van der Waals surface area contributed by atoms with Crippen molar-refractivity contribution < 1.29 is 4.52 Å². The summed E-state index contributed by atoms with van der Waals surface area (Å²) >= 11 is 5.10. The molecule has 0 radical (unpaired) electrons. The summed E-state index contributed by atoms with van der Waals surface area (Å²) in [4.78, 5) is 4.21. The molecule has 4 aromatic rings. The molecular weight excluding hydrogens is 426 g/mol. The Balaban J connectivity index is 1.75. The summed E-state index contributed by atoms with van der Waals surface area (Å²) in [6, 6.07) is 12.0. The van der Waals surface area contributed by atoms with Gasteiger partial charge in [0.15, 0.2) is 11.0 Å². The van der Waals surface area contributed by atoms with E-state index in [2.05, 4.69) is 36.3 Å². The van der Waals surface area contributed by atoms with E-state index in [4.69, 9.17) is 4.52 Å². The van der Waals surface area contributed by atoms with Gasteiger partial charge >= 0.3 is 0 Å². The molecule has 27 heavy (non-hydrogen) atoms. The second-order valence-electron chi connectivity index (χ2n) is 5.95. The fourth-order valence-corrected chi connectivity index (χ4v) is 4.08. The van der Waals surface area contributed by atoms with E-state index in [1.165, 1.54) is 0 Å². The van der Waals surface area contributed by atoms with Gasteiger partial charge in [0.25, 0.3) is 0 Å². The highest BCUT2D eigenvalue weighted by atomic mass is 79.9. The third-order valence-electron chi connectivity index (χ3n) is 4.16. The first-order valence-corrected chi connectivity index (χ1v) is 10.1. The van der Waals surface area contributed by atoms with Crippen molar-refractivity contribution in [3.8, 4) is 17.1 Å². The maximum absolute atomic E-state index is 5.27. The first-order chi connectivity index (χ1) is 13.1. The SMILES string of the molecule is Cc1noc(C)c1CSc1nnc(-c2cccnc2)n1-c1ccc(Br)cc1. The molecule has 3 heterocycles. The maximum atomic E-state index is 5.27. The minimum absolute atomic E-state index is 0.711. The molecule has 6 nitrogen and oxygen atoms in total. The van der Waals surface area contributed by atoms with Gasteiger partial charge in [-0.25, -0.2) is 0 Å². The van der Waals surface area contributed by atoms with E-state index in [0.29, 0.717) is 5.75 Å². The molecule has 0 fully saturated rings. The quantitative estimate of drug-likeness (QED) is 0.406. The van der Waals surface area contributed by atoms with Gasteiger partial charge < -0.3 is 4.52 Å². The number of hydrogen-bond donors (Lipinski definition) is 0. The monoisotopic (exact) mass is 441 g/mol. The van der Waals surface area contributed by atoms with E-state index >= 15 is 0 Å². The molecule has 0 aliphatic heterocycles. The third-order valence-corrected chi connectivity index (χ3v) is 5.65. The van der Waals surface area contributed by atoms with Crippen molar-refractivity contribution >= 4 is 27.7 Å². The van der Waals surface area contributed by atoms with E-state index < -0.39 is 0 Å². The lowest BCUT2D eigenvalue weighted by Gasteiger charge is -2.10. The van der Waals surface area contributed by atoms with Gasteiger partial charge in [-0.2, -0.15) is 0 Å². The van der Waals surface area contributed by atoms with Gasteiger partial charge in [-0.15, -0.1) is 10.2 Å². The van der Waals surface area contributed by atoms with Crippen LogP contribution in [0.25, 0.3) is 17.1 Å². The predicted molar refractivity (Wildman–Crippen MR) is 108 cm³/mol. The number of pyridine rings is 1. The Kier molecular flexibility index (Phi) is 5.09. The standard InChI is InChI=1S/C19H16BrN5OS/c1-12-17(13(2)26-24-12)11-27-19-23-22-18(14-4-3-9-21-10-14)25(19)16-7-5-15(20)6-8-16/h3-10H,11H2,1-2H3. The molecule has 136 valence electrons. The molecular formula is C19H16BrN5OS. The number of hydrogen-bond acceptors (Lipinski definition) is 6. The molecule has 0 unspecified atom stereocenters. The average Bonchev–Trinajstić information content (AvgIpc) is 3.25. The largest absolute Gasteiger partial charge is 0.361 e. The molecule has 0 bridgehead atoms. The van der Waals surface area contributed by atoms with Crippen LogP contribution in [0.15, 0.2) is 62.9 Å². The molecule has 4 rings (SSSR count). The van der Waals surface area contributed by atoms with Crippen molar-refractivity contribution in [1.29, 1.82) is 0 Å². The van der Waals surface area contributed by atoms with Crippen LogP contribution in [0.2, 0.25) is 0 Å². The van der Waals surface area contributed by atoms with E-state index in [-0.39, 0.29) is 0 Å². The van der Waals surface area contributed by atoms with Crippen LogP contribution in [-0.4, -0.2) is 24.9 Å². The van der Waals surface area contributed by atoms with Gasteiger partial charge in [0, 0.05) is 39.4 Å². The van der Waals surface area contributed by atoms with Gasteiger partial charge in [-0.3, -0.25) is 9.55 Å². The summed E-state index contributed by atoms with van der Waals surface area (Å²) < 4.78 is 8.34. The van der Waals surface area contributed by atoms with Crippen LogP contribution in [0.5, 0.6) is 0 Å². The zero-order valence-electron chi connectivity index (χ0n) is 14.8. The van der Waals surface area contributed by atoms with Gasteiger partial charge in [0.1, 0.15) is 5.76 Å². The van der Waals surface area contributed by atoms with Crippen LogP contribution in [0.4, 0.5) is 0 Å². The zero-order chi connectivity index (χ0) is 18.8. The Bertz CT molecular complexity index is 1040. The highest BCUT2D eigenvalue weighted by Crippen LogP contribution is 2.31. The van der Waals surface area contributed by atoms with Crippen LogP contribution in [0.3, 0.4) is 0 Å². The van der Waals surface area contributed by atoms with E-state index in [9.17, 15) is 0 Å². The second-order valence-corrected chi connectivity index (χ2v) is 7.81. The smallest absolute Gasteiger partial charge is 0.196 e. The Morgan fingerprint density at radius 1 is 1.11 bits per heavy atom. The van der Waals surface area contributed by atoms with Gasteiger partial charge in [0.05, 0.1) is 5.69 Å². The number of aryl methyl sites for hydroxylation is 2.